The van der Waals surface area contributed by atoms with E-state index >= 15 is 0 Å². The summed E-state index contributed by atoms with van der Waals surface area (Å²) >= 11 is 0. The van der Waals surface area contributed by atoms with Crippen LogP contribution in [-0.4, -0.2) is 6.36 Å². The Bertz CT molecular complexity index is 690. The van der Waals surface area contributed by atoms with E-state index in [1.165, 1.54) is 24.3 Å². The third-order valence-electron chi connectivity index (χ3n) is 2.55. The highest BCUT2D eigenvalue weighted by Crippen LogP contribution is 2.36. The molecule has 0 atom stereocenters. The number of ether oxygens (including phenoxy) is 2. The summed E-state index contributed by atoms with van der Waals surface area (Å²) in [6.07, 6.45) is -4.82. The summed E-state index contributed by atoms with van der Waals surface area (Å²) in [5.41, 5.74) is 1.04. The zero-order valence-electron chi connectivity index (χ0n) is 10.9. The van der Waals surface area contributed by atoms with Crippen LogP contribution in [0.4, 0.5) is 13.2 Å². The summed E-state index contributed by atoms with van der Waals surface area (Å²) in [4.78, 5) is 0. The Morgan fingerprint density at radius 1 is 1.00 bits per heavy atom. The summed E-state index contributed by atoms with van der Waals surface area (Å²) in [7, 11) is 0. The fourth-order valence-electron chi connectivity index (χ4n) is 1.67. The monoisotopic (exact) mass is 293 g/mol. The van der Waals surface area contributed by atoms with Gasteiger partial charge in [0.25, 0.3) is 0 Å². The number of para-hydroxylation sites is 2. The Hall–Kier alpha value is -2.68. The summed E-state index contributed by atoms with van der Waals surface area (Å²) in [5, 5.41) is 9.00. The second kappa shape index (κ2) is 5.75. The van der Waals surface area contributed by atoms with Crippen molar-refractivity contribution >= 4 is 0 Å². The van der Waals surface area contributed by atoms with Gasteiger partial charge in [-0.1, -0.05) is 18.2 Å². The first-order valence-corrected chi connectivity index (χ1v) is 5.92. The molecule has 0 spiro atoms. The highest BCUT2D eigenvalue weighted by molar-refractivity contribution is 5.49. The zero-order valence-corrected chi connectivity index (χ0v) is 10.9. The van der Waals surface area contributed by atoms with Crippen LogP contribution < -0.4 is 9.47 Å². The standard InChI is InChI=1S/C15H10F3NO2/c1-10-6-7-11(9-19)14(8-10)20-12-4-2-3-5-13(12)21-15(16,17)18/h2-8H,1H3. The molecule has 2 rings (SSSR count). The lowest BCUT2D eigenvalue weighted by atomic mass is 10.1. The molecule has 6 heteroatoms. The number of hydrogen-bond donors (Lipinski definition) is 0. The largest absolute Gasteiger partial charge is 0.573 e. The van der Waals surface area contributed by atoms with Crippen molar-refractivity contribution in [3.05, 3.63) is 53.6 Å². The summed E-state index contributed by atoms with van der Waals surface area (Å²) < 4.78 is 46.3. The topological polar surface area (TPSA) is 42.2 Å². The van der Waals surface area contributed by atoms with Crippen molar-refractivity contribution in [1.82, 2.24) is 0 Å². The maximum Gasteiger partial charge on any atom is 0.573 e. The number of nitriles is 1. The fraction of sp³-hybridized carbons (Fsp3) is 0.133. The summed E-state index contributed by atoms with van der Waals surface area (Å²) in [5.74, 6) is -0.400. The van der Waals surface area contributed by atoms with Crippen molar-refractivity contribution in [3.63, 3.8) is 0 Å². The lowest BCUT2D eigenvalue weighted by Gasteiger charge is -2.14. The van der Waals surface area contributed by atoms with Gasteiger partial charge in [0.2, 0.25) is 0 Å². The first-order chi connectivity index (χ1) is 9.89. The molecular weight excluding hydrogens is 283 g/mol. The molecular formula is C15H10F3NO2. The van der Waals surface area contributed by atoms with Crippen LogP contribution in [0.1, 0.15) is 11.1 Å². The lowest BCUT2D eigenvalue weighted by Crippen LogP contribution is -2.17. The van der Waals surface area contributed by atoms with Gasteiger partial charge < -0.3 is 9.47 Å². The van der Waals surface area contributed by atoms with Crippen LogP contribution >= 0.6 is 0 Å². The first-order valence-electron chi connectivity index (χ1n) is 5.92. The molecule has 0 aliphatic rings. The number of alkyl halides is 3. The normalized spacial score (nSPS) is 10.8. The predicted octanol–water partition coefficient (Wildman–Crippen LogP) is 4.56. The predicted molar refractivity (Wildman–Crippen MR) is 69.1 cm³/mol. The average Bonchev–Trinajstić information content (AvgIpc) is 2.40. The van der Waals surface area contributed by atoms with Crippen LogP contribution in [0.15, 0.2) is 42.5 Å². The van der Waals surface area contributed by atoms with E-state index in [2.05, 4.69) is 4.74 Å². The van der Waals surface area contributed by atoms with Crippen molar-refractivity contribution in [2.24, 2.45) is 0 Å². The highest BCUT2D eigenvalue weighted by Gasteiger charge is 2.32. The molecule has 0 unspecified atom stereocenters. The molecule has 0 aromatic heterocycles. The van der Waals surface area contributed by atoms with Gasteiger partial charge in [0, 0.05) is 0 Å². The van der Waals surface area contributed by atoms with E-state index in [4.69, 9.17) is 10.00 Å². The van der Waals surface area contributed by atoms with Crippen LogP contribution in [0, 0.1) is 18.3 Å². The maximum absolute atomic E-state index is 12.3. The number of nitrogens with zero attached hydrogens (tertiary/aromatic N) is 1. The minimum atomic E-state index is -4.82. The molecule has 2 aromatic rings. The molecule has 0 heterocycles. The van der Waals surface area contributed by atoms with Gasteiger partial charge in [-0.25, -0.2) is 0 Å². The van der Waals surface area contributed by atoms with E-state index in [1.807, 2.05) is 6.07 Å². The van der Waals surface area contributed by atoms with Crippen molar-refractivity contribution in [2.45, 2.75) is 13.3 Å². The molecule has 0 saturated heterocycles. The van der Waals surface area contributed by atoms with Crippen LogP contribution in [-0.2, 0) is 0 Å². The Morgan fingerprint density at radius 3 is 2.29 bits per heavy atom. The fourth-order valence-corrected chi connectivity index (χ4v) is 1.67. The Morgan fingerprint density at radius 2 is 1.67 bits per heavy atom. The van der Waals surface area contributed by atoms with Gasteiger partial charge in [0.15, 0.2) is 11.5 Å². The first kappa shape index (κ1) is 14.7. The second-order valence-corrected chi connectivity index (χ2v) is 4.21. The van der Waals surface area contributed by atoms with Crippen LogP contribution in [0.5, 0.6) is 17.2 Å². The van der Waals surface area contributed by atoms with Crippen LogP contribution in [0.3, 0.4) is 0 Å². The smallest absolute Gasteiger partial charge is 0.452 e. The third-order valence-corrected chi connectivity index (χ3v) is 2.55. The van der Waals surface area contributed by atoms with Gasteiger partial charge >= 0.3 is 6.36 Å². The average molecular weight is 293 g/mol. The van der Waals surface area contributed by atoms with Gasteiger partial charge in [-0.05, 0) is 36.8 Å². The van der Waals surface area contributed by atoms with E-state index in [-0.39, 0.29) is 17.1 Å². The summed E-state index contributed by atoms with van der Waals surface area (Å²) in [6, 6.07) is 12.1. The molecule has 0 saturated carbocycles. The number of aryl methyl sites for hydroxylation is 1. The number of halogens is 3. The molecule has 0 bridgehead atoms. The molecule has 2 aromatic carbocycles. The minimum absolute atomic E-state index is 0.114. The van der Waals surface area contributed by atoms with E-state index in [1.54, 1.807) is 19.1 Å². The quantitative estimate of drug-likeness (QED) is 0.833. The Balaban J connectivity index is 2.37. The van der Waals surface area contributed by atoms with E-state index < -0.39 is 12.1 Å². The molecule has 0 amide bonds. The Labute approximate surface area is 119 Å². The van der Waals surface area contributed by atoms with Crippen LogP contribution in [0.25, 0.3) is 0 Å². The minimum Gasteiger partial charge on any atom is -0.452 e. The number of hydrogen-bond acceptors (Lipinski definition) is 3. The molecule has 0 radical (unpaired) electrons. The molecule has 0 aliphatic heterocycles. The Kier molecular flexibility index (Phi) is 4.03. The molecule has 0 N–H and O–H groups in total. The summed E-state index contributed by atoms with van der Waals surface area (Å²) in [6.45, 7) is 1.78. The van der Waals surface area contributed by atoms with Crippen LogP contribution in [0.2, 0.25) is 0 Å². The highest BCUT2D eigenvalue weighted by atomic mass is 19.4. The molecule has 108 valence electrons. The van der Waals surface area contributed by atoms with Gasteiger partial charge in [-0.15, -0.1) is 13.2 Å². The zero-order chi connectivity index (χ0) is 15.5. The SMILES string of the molecule is Cc1ccc(C#N)c(Oc2ccccc2OC(F)(F)F)c1. The third kappa shape index (κ3) is 3.89. The van der Waals surface area contributed by atoms with E-state index in [0.29, 0.717) is 0 Å². The van der Waals surface area contributed by atoms with Crippen molar-refractivity contribution in [3.8, 4) is 23.3 Å². The number of rotatable bonds is 3. The van der Waals surface area contributed by atoms with E-state index in [9.17, 15) is 13.2 Å². The second-order valence-electron chi connectivity index (χ2n) is 4.21. The van der Waals surface area contributed by atoms with Crippen molar-refractivity contribution in [1.29, 1.82) is 5.26 Å². The van der Waals surface area contributed by atoms with Gasteiger partial charge in [0.1, 0.15) is 11.8 Å². The number of benzene rings is 2. The van der Waals surface area contributed by atoms with Gasteiger partial charge in [-0.3, -0.25) is 0 Å². The van der Waals surface area contributed by atoms with Gasteiger partial charge in [0.05, 0.1) is 5.56 Å². The molecule has 0 aliphatic carbocycles. The maximum atomic E-state index is 12.3. The van der Waals surface area contributed by atoms with Crippen molar-refractivity contribution < 1.29 is 22.6 Å². The molecule has 3 nitrogen and oxygen atoms in total. The van der Waals surface area contributed by atoms with Crippen molar-refractivity contribution in [2.75, 3.05) is 0 Å². The molecule has 0 fully saturated rings. The van der Waals surface area contributed by atoms with Gasteiger partial charge in [-0.2, -0.15) is 5.26 Å². The van der Waals surface area contributed by atoms with E-state index in [0.717, 1.165) is 11.6 Å². The lowest BCUT2D eigenvalue weighted by molar-refractivity contribution is -0.275. The molecule has 21 heavy (non-hydrogen) atoms.